The smallest absolute Gasteiger partial charge is 0.252 e. The summed E-state index contributed by atoms with van der Waals surface area (Å²) in [6.45, 7) is 7.49. The Balaban J connectivity index is 2.23. The lowest BCUT2D eigenvalue weighted by atomic mass is 10.2. The summed E-state index contributed by atoms with van der Waals surface area (Å²) in [5, 5.41) is 3.71. The minimum atomic E-state index is -0.193. The number of aromatic nitrogens is 3. The van der Waals surface area contributed by atoms with E-state index in [1.54, 1.807) is 19.2 Å². The third-order valence-electron chi connectivity index (χ3n) is 2.57. The van der Waals surface area contributed by atoms with Crippen LogP contribution in [0.3, 0.4) is 0 Å². The number of hydrogen-bond donors (Lipinski definition) is 2. The molecule has 0 bridgehead atoms. The number of rotatable bonds is 5. The lowest BCUT2D eigenvalue weighted by molar-refractivity contribution is 1.02. The van der Waals surface area contributed by atoms with E-state index in [0.29, 0.717) is 16.8 Å². The van der Waals surface area contributed by atoms with Gasteiger partial charge < -0.3 is 10.3 Å². The molecule has 5 nitrogen and oxygen atoms in total. The van der Waals surface area contributed by atoms with E-state index in [2.05, 4.69) is 26.8 Å². The van der Waals surface area contributed by atoms with Gasteiger partial charge >= 0.3 is 0 Å². The SMILES string of the molecule is C=C/C(=C\C=C/C)c1cnc(Nc2cc(=O)[nH]c(C)n2)s1. The lowest BCUT2D eigenvalue weighted by Crippen LogP contribution is -2.09. The molecule has 0 spiro atoms. The highest BCUT2D eigenvalue weighted by Crippen LogP contribution is 2.27. The Morgan fingerprint density at radius 3 is 3.00 bits per heavy atom. The predicted octanol–water partition coefficient (Wildman–Crippen LogP) is 3.42. The van der Waals surface area contributed by atoms with Gasteiger partial charge in [0.15, 0.2) is 5.13 Å². The number of hydrogen-bond acceptors (Lipinski definition) is 5. The number of anilines is 2. The molecule has 2 aromatic rings. The molecule has 0 saturated heterocycles. The molecule has 6 heteroatoms. The van der Waals surface area contributed by atoms with E-state index in [-0.39, 0.29) is 5.56 Å². The van der Waals surface area contributed by atoms with Crippen molar-refractivity contribution >= 4 is 27.9 Å². The molecular weight excluding hydrogens is 284 g/mol. The summed E-state index contributed by atoms with van der Waals surface area (Å²) in [5.74, 6) is 1.04. The molecule has 0 fully saturated rings. The number of H-pyrrole nitrogens is 1. The van der Waals surface area contributed by atoms with Crippen LogP contribution < -0.4 is 10.9 Å². The van der Waals surface area contributed by atoms with Gasteiger partial charge in [-0.1, -0.05) is 42.2 Å². The number of aromatic amines is 1. The van der Waals surface area contributed by atoms with Gasteiger partial charge in [-0.05, 0) is 19.4 Å². The molecule has 2 rings (SSSR count). The summed E-state index contributed by atoms with van der Waals surface area (Å²) < 4.78 is 0. The van der Waals surface area contributed by atoms with Crippen LogP contribution in [0.4, 0.5) is 10.9 Å². The maximum atomic E-state index is 11.4. The fraction of sp³-hybridized carbons (Fsp3) is 0.133. The zero-order chi connectivity index (χ0) is 15.2. The van der Waals surface area contributed by atoms with Crippen molar-refractivity contribution in [3.8, 4) is 0 Å². The molecule has 2 N–H and O–H groups in total. The summed E-state index contributed by atoms with van der Waals surface area (Å²) in [5.41, 5.74) is 0.801. The summed E-state index contributed by atoms with van der Waals surface area (Å²) >= 11 is 1.47. The largest absolute Gasteiger partial charge is 0.316 e. The molecule has 0 atom stereocenters. The molecule has 108 valence electrons. The number of thiazole rings is 1. The Morgan fingerprint density at radius 1 is 1.52 bits per heavy atom. The van der Waals surface area contributed by atoms with Crippen molar-refractivity contribution in [3.05, 3.63) is 64.2 Å². The maximum Gasteiger partial charge on any atom is 0.252 e. The topological polar surface area (TPSA) is 70.7 Å². The van der Waals surface area contributed by atoms with E-state index < -0.39 is 0 Å². The van der Waals surface area contributed by atoms with E-state index >= 15 is 0 Å². The predicted molar refractivity (Wildman–Crippen MR) is 88.0 cm³/mol. The van der Waals surface area contributed by atoms with Gasteiger partial charge in [0.05, 0.1) is 4.88 Å². The van der Waals surface area contributed by atoms with Crippen molar-refractivity contribution < 1.29 is 0 Å². The minimum absolute atomic E-state index is 0.193. The first-order valence-corrected chi connectivity index (χ1v) is 7.20. The van der Waals surface area contributed by atoms with Crippen molar-refractivity contribution in [1.82, 2.24) is 15.0 Å². The highest BCUT2D eigenvalue weighted by atomic mass is 32.1. The van der Waals surface area contributed by atoms with Crippen molar-refractivity contribution in [3.63, 3.8) is 0 Å². The minimum Gasteiger partial charge on any atom is -0.316 e. The van der Waals surface area contributed by atoms with Crippen LogP contribution in [0.2, 0.25) is 0 Å². The van der Waals surface area contributed by atoms with Gasteiger partial charge in [-0.2, -0.15) is 0 Å². The van der Waals surface area contributed by atoms with Crippen molar-refractivity contribution in [2.45, 2.75) is 13.8 Å². The van der Waals surface area contributed by atoms with Crippen LogP contribution >= 0.6 is 11.3 Å². The third kappa shape index (κ3) is 4.00. The van der Waals surface area contributed by atoms with Gasteiger partial charge in [-0.3, -0.25) is 4.79 Å². The molecule has 0 aliphatic heterocycles. The molecule has 21 heavy (non-hydrogen) atoms. The highest BCUT2D eigenvalue weighted by Gasteiger charge is 2.06. The molecule has 0 radical (unpaired) electrons. The van der Waals surface area contributed by atoms with Crippen LogP contribution in [-0.2, 0) is 0 Å². The normalized spacial score (nSPS) is 11.8. The van der Waals surface area contributed by atoms with Crippen LogP contribution in [0.15, 0.2) is 47.9 Å². The quantitative estimate of drug-likeness (QED) is 0.830. The van der Waals surface area contributed by atoms with E-state index in [0.717, 1.165) is 10.5 Å². The van der Waals surface area contributed by atoms with Gasteiger partial charge in [0, 0.05) is 12.3 Å². The van der Waals surface area contributed by atoms with Crippen LogP contribution in [0.25, 0.3) is 5.57 Å². The number of nitrogens with one attached hydrogen (secondary N) is 2. The second kappa shape index (κ2) is 6.81. The van der Waals surface area contributed by atoms with E-state index in [4.69, 9.17) is 0 Å². The van der Waals surface area contributed by atoms with Crippen LogP contribution in [0, 0.1) is 6.92 Å². The van der Waals surface area contributed by atoms with E-state index in [9.17, 15) is 4.79 Å². The second-order valence-electron chi connectivity index (χ2n) is 4.22. The van der Waals surface area contributed by atoms with Gasteiger partial charge in [-0.15, -0.1) is 0 Å². The summed E-state index contributed by atoms with van der Waals surface area (Å²) in [6.07, 6.45) is 9.43. The Kier molecular flexibility index (Phi) is 4.84. The Morgan fingerprint density at radius 2 is 2.33 bits per heavy atom. The molecule has 0 saturated carbocycles. The van der Waals surface area contributed by atoms with Crippen LogP contribution in [-0.4, -0.2) is 15.0 Å². The Bertz CT molecular complexity index is 755. The first-order chi connectivity index (χ1) is 10.1. The molecular formula is C15H16N4OS. The molecule has 0 unspecified atom stereocenters. The van der Waals surface area contributed by atoms with E-state index in [1.165, 1.54) is 17.4 Å². The van der Waals surface area contributed by atoms with Gasteiger partial charge in [0.25, 0.3) is 5.56 Å². The standard InChI is InChI=1S/C15H16N4OS/c1-4-6-7-11(5-2)12-9-16-15(21-12)19-13-8-14(20)18-10(3)17-13/h4-9H,2H2,1,3H3,(H2,16,17,18,19,20)/b6-4-,11-7+. The second-order valence-corrected chi connectivity index (χ2v) is 5.25. The third-order valence-corrected chi connectivity index (χ3v) is 3.54. The van der Waals surface area contributed by atoms with Crippen molar-refractivity contribution in [1.29, 1.82) is 0 Å². The molecule has 0 aliphatic carbocycles. The van der Waals surface area contributed by atoms with Gasteiger partial charge in [-0.25, -0.2) is 9.97 Å². The monoisotopic (exact) mass is 300 g/mol. The number of allylic oxidation sites excluding steroid dienone is 5. The van der Waals surface area contributed by atoms with Gasteiger partial charge in [0.2, 0.25) is 0 Å². The fourth-order valence-electron chi connectivity index (χ4n) is 1.67. The summed E-state index contributed by atoms with van der Waals surface area (Å²) in [7, 11) is 0. The number of nitrogens with zero attached hydrogens (tertiary/aromatic N) is 2. The molecule has 2 aromatic heterocycles. The Hall–Kier alpha value is -2.47. The van der Waals surface area contributed by atoms with Crippen molar-refractivity contribution in [2.75, 3.05) is 5.32 Å². The van der Waals surface area contributed by atoms with Crippen molar-refractivity contribution in [2.24, 2.45) is 0 Å². The Labute approximate surface area is 126 Å². The number of aryl methyl sites for hydroxylation is 1. The highest BCUT2D eigenvalue weighted by molar-refractivity contribution is 7.16. The van der Waals surface area contributed by atoms with E-state index in [1.807, 2.05) is 25.2 Å². The summed E-state index contributed by atoms with van der Waals surface area (Å²) in [6, 6.07) is 1.40. The first-order valence-electron chi connectivity index (χ1n) is 6.39. The first kappa shape index (κ1) is 14.9. The molecule has 0 amide bonds. The van der Waals surface area contributed by atoms with Gasteiger partial charge in [0.1, 0.15) is 11.6 Å². The zero-order valence-electron chi connectivity index (χ0n) is 11.9. The lowest BCUT2D eigenvalue weighted by Gasteiger charge is -2.01. The molecule has 0 aliphatic rings. The van der Waals surface area contributed by atoms with Crippen LogP contribution in [0.5, 0.6) is 0 Å². The van der Waals surface area contributed by atoms with Crippen LogP contribution in [0.1, 0.15) is 17.6 Å². The average Bonchev–Trinajstić information content (AvgIpc) is 2.87. The fourth-order valence-corrected chi connectivity index (χ4v) is 2.51. The molecule has 2 heterocycles. The molecule has 0 aromatic carbocycles. The summed E-state index contributed by atoms with van der Waals surface area (Å²) in [4.78, 5) is 23.5. The maximum absolute atomic E-state index is 11.4. The zero-order valence-corrected chi connectivity index (χ0v) is 12.7. The average molecular weight is 300 g/mol.